The van der Waals surface area contributed by atoms with E-state index in [4.69, 9.17) is 14.2 Å². The lowest BCUT2D eigenvalue weighted by molar-refractivity contribution is -0.122. The van der Waals surface area contributed by atoms with Crippen molar-refractivity contribution in [1.29, 1.82) is 0 Å². The average Bonchev–Trinajstić information content (AvgIpc) is 3.35. The highest BCUT2D eigenvalue weighted by Crippen LogP contribution is 2.37. The lowest BCUT2D eigenvalue weighted by atomic mass is 10.0. The normalized spacial score (nSPS) is 15.6. The molecule has 8 nitrogen and oxygen atoms in total. The highest BCUT2D eigenvalue weighted by atomic mass is 79.9. The van der Waals surface area contributed by atoms with Crippen molar-refractivity contribution in [2.75, 3.05) is 11.7 Å². The van der Waals surface area contributed by atoms with Gasteiger partial charge < -0.3 is 14.2 Å². The fourth-order valence-electron chi connectivity index (χ4n) is 4.04. The number of rotatable bonds is 7. The SMILES string of the molecule is C=CCc1cc(/C=C2\C(=O)NC(=O)N(c3ccc4c(c3)OCO4)C2=O)cc(Br)c1OCc1ccc(F)cc1. The molecule has 2 aliphatic rings. The first-order valence-corrected chi connectivity index (χ1v) is 12.2. The number of hydrogen-bond acceptors (Lipinski definition) is 6. The molecule has 1 N–H and O–H groups in total. The molecule has 0 saturated carbocycles. The van der Waals surface area contributed by atoms with Gasteiger partial charge in [-0.05, 0) is 81.5 Å². The van der Waals surface area contributed by atoms with E-state index in [0.29, 0.717) is 33.7 Å². The van der Waals surface area contributed by atoms with Crippen LogP contribution < -0.4 is 24.4 Å². The number of carbonyl (C=O) groups is 3. The van der Waals surface area contributed by atoms with Crippen LogP contribution in [0.5, 0.6) is 17.2 Å². The number of nitrogens with zero attached hydrogens (tertiary/aromatic N) is 1. The summed E-state index contributed by atoms with van der Waals surface area (Å²) in [6.07, 6.45) is 3.55. The number of ether oxygens (including phenoxy) is 3. The quantitative estimate of drug-likeness (QED) is 0.232. The Hall–Kier alpha value is -4.44. The van der Waals surface area contributed by atoms with Crippen LogP contribution in [0.3, 0.4) is 0 Å². The molecule has 10 heteroatoms. The van der Waals surface area contributed by atoms with E-state index in [0.717, 1.165) is 16.0 Å². The van der Waals surface area contributed by atoms with Crippen molar-refractivity contribution < 1.29 is 33.0 Å². The zero-order valence-electron chi connectivity index (χ0n) is 19.8. The zero-order chi connectivity index (χ0) is 26.8. The summed E-state index contributed by atoms with van der Waals surface area (Å²) in [5.41, 5.74) is 2.07. The number of hydrogen-bond donors (Lipinski definition) is 1. The van der Waals surface area contributed by atoms with Gasteiger partial charge >= 0.3 is 6.03 Å². The van der Waals surface area contributed by atoms with Crippen molar-refractivity contribution in [3.05, 3.63) is 99.8 Å². The van der Waals surface area contributed by atoms with E-state index in [1.54, 1.807) is 36.4 Å². The highest BCUT2D eigenvalue weighted by Gasteiger charge is 2.37. The van der Waals surface area contributed by atoms with Crippen LogP contribution in [0.25, 0.3) is 6.08 Å². The van der Waals surface area contributed by atoms with Crippen LogP contribution in [0, 0.1) is 5.82 Å². The first kappa shape index (κ1) is 25.2. The molecule has 192 valence electrons. The lowest BCUT2D eigenvalue weighted by Crippen LogP contribution is -2.54. The Labute approximate surface area is 225 Å². The molecule has 1 fully saturated rings. The second-order valence-corrected chi connectivity index (χ2v) is 9.25. The van der Waals surface area contributed by atoms with Gasteiger partial charge in [-0.15, -0.1) is 6.58 Å². The Morgan fingerprint density at radius 2 is 1.82 bits per heavy atom. The molecule has 0 unspecified atom stereocenters. The van der Waals surface area contributed by atoms with Crippen molar-refractivity contribution in [2.24, 2.45) is 0 Å². The number of amides is 4. The number of anilines is 1. The van der Waals surface area contributed by atoms with Crippen LogP contribution in [0.2, 0.25) is 0 Å². The summed E-state index contributed by atoms with van der Waals surface area (Å²) in [5, 5.41) is 2.21. The summed E-state index contributed by atoms with van der Waals surface area (Å²) < 4.78 is 30.4. The molecule has 0 aliphatic carbocycles. The van der Waals surface area contributed by atoms with Crippen LogP contribution >= 0.6 is 15.9 Å². The van der Waals surface area contributed by atoms with Crippen LogP contribution in [0.4, 0.5) is 14.9 Å². The number of nitrogens with one attached hydrogen (secondary N) is 1. The van der Waals surface area contributed by atoms with Gasteiger partial charge in [-0.2, -0.15) is 0 Å². The van der Waals surface area contributed by atoms with Crippen molar-refractivity contribution >= 4 is 45.5 Å². The molecule has 1 saturated heterocycles. The van der Waals surface area contributed by atoms with Gasteiger partial charge in [-0.1, -0.05) is 18.2 Å². The van der Waals surface area contributed by atoms with Gasteiger partial charge in [0.05, 0.1) is 10.2 Å². The molecule has 0 aromatic heterocycles. The monoisotopic (exact) mass is 578 g/mol. The summed E-state index contributed by atoms with van der Waals surface area (Å²) >= 11 is 3.51. The first-order chi connectivity index (χ1) is 18.3. The molecule has 0 radical (unpaired) electrons. The van der Waals surface area contributed by atoms with E-state index in [1.165, 1.54) is 30.3 Å². The molecule has 3 aromatic rings. The number of barbiturate groups is 1. The Kier molecular flexibility index (Phi) is 6.97. The Morgan fingerprint density at radius 1 is 1.05 bits per heavy atom. The van der Waals surface area contributed by atoms with Gasteiger partial charge in [-0.3, -0.25) is 14.9 Å². The maximum absolute atomic E-state index is 13.3. The third-order valence-electron chi connectivity index (χ3n) is 5.83. The molecule has 0 atom stereocenters. The topological polar surface area (TPSA) is 94.2 Å². The van der Waals surface area contributed by atoms with E-state index in [-0.39, 0.29) is 30.5 Å². The number of imide groups is 2. The predicted molar refractivity (Wildman–Crippen MR) is 140 cm³/mol. The first-order valence-electron chi connectivity index (χ1n) is 11.5. The molecular formula is C28H20BrFN2O6. The van der Waals surface area contributed by atoms with Gasteiger partial charge in [-0.25, -0.2) is 14.1 Å². The Balaban J connectivity index is 1.45. The fourth-order valence-corrected chi connectivity index (χ4v) is 4.68. The fraction of sp³-hybridized carbons (Fsp3) is 0.107. The van der Waals surface area contributed by atoms with Gasteiger partial charge in [0.2, 0.25) is 6.79 Å². The predicted octanol–water partition coefficient (Wildman–Crippen LogP) is 5.29. The second kappa shape index (κ2) is 10.5. The number of allylic oxidation sites excluding steroid dienone is 1. The van der Waals surface area contributed by atoms with E-state index >= 15 is 0 Å². The maximum Gasteiger partial charge on any atom is 0.335 e. The highest BCUT2D eigenvalue weighted by molar-refractivity contribution is 9.10. The number of halogens is 2. The zero-order valence-corrected chi connectivity index (χ0v) is 21.4. The Morgan fingerprint density at radius 3 is 2.58 bits per heavy atom. The summed E-state index contributed by atoms with van der Waals surface area (Å²) in [6.45, 7) is 4.03. The van der Waals surface area contributed by atoms with Crippen LogP contribution in [-0.2, 0) is 22.6 Å². The minimum absolute atomic E-state index is 0.0358. The Bertz CT molecular complexity index is 1500. The number of benzene rings is 3. The molecule has 4 amide bonds. The lowest BCUT2D eigenvalue weighted by Gasteiger charge is -2.26. The van der Waals surface area contributed by atoms with E-state index in [9.17, 15) is 18.8 Å². The van der Waals surface area contributed by atoms with Crippen LogP contribution in [-0.4, -0.2) is 24.6 Å². The van der Waals surface area contributed by atoms with Crippen LogP contribution in [0.15, 0.2) is 77.3 Å². The van der Waals surface area contributed by atoms with Crippen molar-refractivity contribution in [2.45, 2.75) is 13.0 Å². The summed E-state index contributed by atoms with van der Waals surface area (Å²) in [7, 11) is 0. The average molecular weight is 579 g/mol. The molecule has 0 spiro atoms. The van der Waals surface area contributed by atoms with Gasteiger partial charge in [0, 0.05) is 6.07 Å². The maximum atomic E-state index is 13.3. The third-order valence-corrected chi connectivity index (χ3v) is 6.42. The van der Waals surface area contributed by atoms with Crippen molar-refractivity contribution in [3.8, 4) is 17.2 Å². The largest absolute Gasteiger partial charge is 0.487 e. The molecule has 3 aromatic carbocycles. The summed E-state index contributed by atoms with van der Waals surface area (Å²) in [6, 6.07) is 13.2. The minimum Gasteiger partial charge on any atom is -0.487 e. The number of carbonyl (C=O) groups excluding carboxylic acids is 3. The van der Waals surface area contributed by atoms with Crippen LogP contribution in [0.1, 0.15) is 16.7 Å². The van der Waals surface area contributed by atoms with Gasteiger partial charge in [0.1, 0.15) is 23.7 Å². The second-order valence-electron chi connectivity index (χ2n) is 8.39. The van der Waals surface area contributed by atoms with E-state index in [2.05, 4.69) is 27.8 Å². The molecule has 5 rings (SSSR count). The summed E-state index contributed by atoms with van der Waals surface area (Å²) in [5.74, 6) is -0.495. The van der Waals surface area contributed by atoms with Crippen molar-refractivity contribution in [1.82, 2.24) is 5.32 Å². The number of fused-ring (bicyclic) bond motifs is 1. The molecular weight excluding hydrogens is 559 g/mol. The molecule has 2 aliphatic heterocycles. The molecule has 2 heterocycles. The van der Waals surface area contributed by atoms with E-state index < -0.39 is 17.8 Å². The standard InChI is InChI=1S/C28H20BrFN2O6/c1-2-3-18-10-17(12-22(29)25(18)36-14-16-4-6-19(30)7-5-16)11-21-26(33)31-28(35)32(27(21)34)20-8-9-23-24(13-20)38-15-37-23/h2,4-13H,1,3,14-15H2,(H,31,33,35)/b21-11+. The number of urea groups is 1. The third kappa shape index (κ3) is 5.03. The van der Waals surface area contributed by atoms with Gasteiger partial charge in [0.25, 0.3) is 11.8 Å². The van der Waals surface area contributed by atoms with Crippen molar-refractivity contribution in [3.63, 3.8) is 0 Å². The molecule has 38 heavy (non-hydrogen) atoms. The smallest absolute Gasteiger partial charge is 0.335 e. The minimum atomic E-state index is -0.867. The van der Waals surface area contributed by atoms with Gasteiger partial charge in [0.15, 0.2) is 11.5 Å². The summed E-state index contributed by atoms with van der Waals surface area (Å²) in [4.78, 5) is 39.4. The molecule has 0 bridgehead atoms. The van der Waals surface area contributed by atoms with E-state index in [1.807, 2.05) is 0 Å².